The molecule has 0 bridgehead atoms. The van der Waals surface area contributed by atoms with Crippen molar-refractivity contribution in [3.63, 3.8) is 0 Å². The summed E-state index contributed by atoms with van der Waals surface area (Å²) in [5.41, 5.74) is 6.78. The fraction of sp³-hybridized carbons (Fsp3) is 0.525. The largest absolute Gasteiger partial charge is 0.490 e. The number of ether oxygens (including phenoxy) is 1. The Kier molecular flexibility index (Phi) is 13.4. The number of nitrogens with one attached hydrogen (secondary N) is 2. The van der Waals surface area contributed by atoms with E-state index in [-0.39, 0.29) is 30.3 Å². The number of carbonyl (C=O) groups excluding carboxylic acids is 2. The van der Waals surface area contributed by atoms with Crippen LogP contribution in [0.1, 0.15) is 80.0 Å². The Hall–Kier alpha value is -3.91. The molecule has 2 aliphatic rings. The Bertz CT molecular complexity index is 1660. The van der Waals surface area contributed by atoms with Crippen molar-refractivity contribution in [1.82, 2.24) is 20.5 Å². The van der Waals surface area contributed by atoms with Gasteiger partial charge >= 0.3 is 0 Å². The first-order valence-electron chi connectivity index (χ1n) is 18.3. The van der Waals surface area contributed by atoms with Crippen LogP contribution in [0.25, 0.3) is 11.1 Å². The molecule has 1 unspecified atom stereocenters. The van der Waals surface area contributed by atoms with Crippen molar-refractivity contribution in [3.05, 3.63) is 83.2 Å². The van der Waals surface area contributed by atoms with E-state index in [9.17, 15) is 30.0 Å². The number of rotatable bonds is 20. The summed E-state index contributed by atoms with van der Waals surface area (Å²) in [7, 11) is 1.43. The highest BCUT2D eigenvalue weighted by Gasteiger charge is 2.46. The molecular formula is C40H54N4O8. The molecule has 0 saturated heterocycles. The van der Waals surface area contributed by atoms with Gasteiger partial charge < -0.3 is 45.8 Å². The summed E-state index contributed by atoms with van der Waals surface area (Å²) >= 11 is 0. The molecular weight excluding hydrogens is 664 g/mol. The second kappa shape index (κ2) is 17.7. The quantitative estimate of drug-likeness (QED) is 0.0917. The zero-order chi connectivity index (χ0) is 37.4. The fourth-order valence-electron chi connectivity index (χ4n) is 6.58. The molecule has 52 heavy (non-hydrogen) atoms. The molecule has 2 fully saturated rings. The van der Waals surface area contributed by atoms with Gasteiger partial charge in [0.05, 0.1) is 19.3 Å². The lowest BCUT2D eigenvalue weighted by molar-refractivity contribution is -0.143. The van der Waals surface area contributed by atoms with E-state index in [0.717, 1.165) is 53.0 Å². The fourth-order valence-corrected chi connectivity index (χ4v) is 6.58. The van der Waals surface area contributed by atoms with Crippen LogP contribution in [0.5, 0.6) is 5.75 Å². The highest BCUT2D eigenvalue weighted by molar-refractivity contribution is 5.84. The van der Waals surface area contributed by atoms with Gasteiger partial charge in [-0.3, -0.25) is 14.6 Å². The molecule has 1 aromatic heterocycles. The van der Waals surface area contributed by atoms with Gasteiger partial charge in [-0.15, -0.1) is 0 Å². The number of hydrogen-bond donors (Lipinski definition) is 7. The summed E-state index contributed by atoms with van der Waals surface area (Å²) in [6.07, 6.45) is 2.69. The maximum atomic E-state index is 13.2. The predicted molar refractivity (Wildman–Crippen MR) is 196 cm³/mol. The van der Waals surface area contributed by atoms with Crippen molar-refractivity contribution >= 4 is 11.8 Å². The highest BCUT2D eigenvalue weighted by atomic mass is 16.5. The molecule has 7 N–H and O–H groups in total. The van der Waals surface area contributed by atoms with Gasteiger partial charge in [0, 0.05) is 50.1 Å². The van der Waals surface area contributed by atoms with Gasteiger partial charge in [0.2, 0.25) is 11.8 Å². The number of hydrogen-bond acceptors (Lipinski definition) is 10. The minimum atomic E-state index is -1.84. The summed E-state index contributed by atoms with van der Waals surface area (Å²) in [6.45, 7) is 3.32. The molecule has 2 aliphatic carbocycles. The third-order valence-electron chi connectivity index (χ3n) is 10.4. The van der Waals surface area contributed by atoms with Crippen LogP contribution in [0.4, 0.5) is 0 Å². The number of pyridine rings is 1. The van der Waals surface area contributed by atoms with E-state index in [2.05, 4.69) is 71.9 Å². The molecule has 2 saturated carbocycles. The number of aryl methyl sites for hydroxylation is 1. The van der Waals surface area contributed by atoms with Crippen LogP contribution < -0.4 is 15.4 Å². The van der Waals surface area contributed by atoms with Crippen molar-refractivity contribution in [2.24, 2.45) is 0 Å². The minimum absolute atomic E-state index is 0.108. The van der Waals surface area contributed by atoms with Gasteiger partial charge in [0.15, 0.2) is 0 Å². The number of aromatic nitrogens is 1. The predicted octanol–water partition coefficient (Wildman–Crippen LogP) is 2.66. The van der Waals surface area contributed by atoms with Gasteiger partial charge in [-0.2, -0.15) is 0 Å². The van der Waals surface area contributed by atoms with Crippen LogP contribution in [-0.4, -0.2) is 104 Å². The Balaban J connectivity index is 1.19. The lowest BCUT2D eigenvalue weighted by atomic mass is 9.91. The minimum Gasteiger partial charge on any atom is -0.490 e. The molecule has 12 nitrogen and oxygen atoms in total. The number of nitrogens with zero attached hydrogens (tertiary/aromatic N) is 2. The molecule has 0 radical (unpaired) electrons. The Morgan fingerprint density at radius 1 is 1.02 bits per heavy atom. The molecule has 12 heteroatoms. The van der Waals surface area contributed by atoms with E-state index < -0.39 is 43.5 Å². The van der Waals surface area contributed by atoms with Gasteiger partial charge in [0.1, 0.15) is 30.2 Å². The summed E-state index contributed by atoms with van der Waals surface area (Å²) in [6, 6.07) is 16.8. The number of carbonyl (C=O) groups is 2. The van der Waals surface area contributed by atoms with Crippen LogP contribution >= 0.6 is 0 Å². The molecule has 0 aliphatic heterocycles. The van der Waals surface area contributed by atoms with E-state index >= 15 is 0 Å². The first-order chi connectivity index (χ1) is 25.0. The number of aliphatic hydroxyl groups excluding tert-OH is 5. The van der Waals surface area contributed by atoms with Gasteiger partial charge in [0.25, 0.3) is 0 Å². The number of likely N-dealkylation sites (N-methyl/N-ethyl adjacent to an activating group) is 1. The molecule has 5 atom stereocenters. The highest BCUT2D eigenvalue weighted by Crippen LogP contribution is 2.50. The monoisotopic (exact) mass is 718 g/mol. The van der Waals surface area contributed by atoms with Crippen LogP contribution in [0, 0.1) is 6.92 Å². The second-order valence-corrected chi connectivity index (χ2v) is 14.4. The summed E-state index contributed by atoms with van der Waals surface area (Å²) in [5.74, 6) is 0.210. The average molecular weight is 719 g/mol. The standard InChI is InChI=1S/C40H54N4O8/c1-25(7-6-10-37(49)44(23-36(48)41-3)22-33(46)38(50)39(51)34(47)24-45)27-12-11-26(2)28(19-27)20-43-40(16-17-40)32-21-42-18-15-30(32)31-8-4-5-9-35(31)52-29-13-14-29/h4-5,8-9,11-12,15,18-19,21,25,29,33-34,38-39,43,45-47,50-51H,6-7,10,13-14,16-17,20,22-24H2,1-3H3,(H,41,48)/t25?,33-,34+,38+,39+/m0/s1. The topological polar surface area (TPSA) is 185 Å². The molecule has 2 aromatic carbocycles. The van der Waals surface area contributed by atoms with E-state index in [1.54, 1.807) is 0 Å². The van der Waals surface area contributed by atoms with Gasteiger partial charge in [-0.25, -0.2) is 0 Å². The Morgan fingerprint density at radius 3 is 2.44 bits per heavy atom. The summed E-state index contributed by atoms with van der Waals surface area (Å²) < 4.78 is 6.27. The maximum Gasteiger partial charge on any atom is 0.239 e. The SMILES string of the molecule is CNC(=O)CN(C[C@H](O)[C@@H](O)[C@H](O)[C@H](O)CO)C(=O)CCCC(C)c1ccc(C)c(CNC2(c3cnccc3-c3ccccc3OC3CC3)CC2)c1. The first-order valence-corrected chi connectivity index (χ1v) is 18.3. The first kappa shape index (κ1) is 39.3. The molecule has 1 heterocycles. The van der Waals surface area contributed by atoms with Crippen molar-refractivity contribution < 1.29 is 39.9 Å². The van der Waals surface area contributed by atoms with E-state index in [1.165, 1.54) is 23.7 Å². The Morgan fingerprint density at radius 2 is 1.75 bits per heavy atom. The number of para-hydroxylation sites is 1. The van der Waals surface area contributed by atoms with Gasteiger partial charge in [-0.05, 0) is 91.3 Å². The van der Waals surface area contributed by atoms with Gasteiger partial charge in [-0.1, -0.05) is 43.3 Å². The third-order valence-corrected chi connectivity index (χ3v) is 10.4. The average Bonchev–Trinajstić information content (AvgIpc) is 4.11. The Labute approximate surface area is 305 Å². The maximum absolute atomic E-state index is 13.2. The van der Waals surface area contributed by atoms with Crippen molar-refractivity contribution in [2.75, 3.05) is 26.7 Å². The summed E-state index contributed by atoms with van der Waals surface area (Å²) in [4.78, 5) is 31.0. The number of amides is 2. The van der Waals surface area contributed by atoms with Crippen LogP contribution in [0.2, 0.25) is 0 Å². The zero-order valence-electron chi connectivity index (χ0n) is 30.4. The molecule has 2 amide bonds. The molecule has 282 valence electrons. The third kappa shape index (κ3) is 9.94. The van der Waals surface area contributed by atoms with E-state index in [4.69, 9.17) is 9.84 Å². The van der Waals surface area contributed by atoms with Crippen molar-refractivity contribution in [3.8, 4) is 16.9 Å². The smallest absolute Gasteiger partial charge is 0.239 e. The van der Waals surface area contributed by atoms with Crippen molar-refractivity contribution in [2.45, 2.75) is 107 Å². The van der Waals surface area contributed by atoms with Crippen LogP contribution in [-0.2, 0) is 21.7 Å². The number of benzene rings is 2. The molecule has 0 spiro atoms. The van der Waals surface area contributed by atoms with E-state index in [1.807, 2.05) is 18.5 Å². The van der Waals surface area contributed by atoms with E-state index in [0.29, 0.717) is 25.5 Å². The molecule has 5 rings (SSSR count). The molecule has 3 aromatic rings. The lowest BCUT2D eigenvalue weighted by Gasteiger charge is -2.30. The van der Waals surface area contributed by atoms with Crippen LogP contribution in [0.15, 0.2) is 60.9 Å². The lowest BCUT2D eigenvalue weighted by Crippen LogP contribution is -2.52. The number of aliphatic hydroxyl groups is 5. The normalized spacial score (nSPS) is 17.8. The summed E-state index contributed by atoms with van der Waals surface area (Å²) in [5, 5.41) is 55.7. The van der Waals surface area contributed by atoms with Crippen LogP contribution in [0.3, 0.4) is 0 Å². The zero-order valence-corrected chi connectivity index (χ0v) is 30.4. The van der Waals surface area contributed by atoms with Crippen molar-refractivity contribution in [1.29, 1.82) is 0 Å². The second-order valence-electron chi connectivity index (χ2n) is 14.4.